The van der Waals surface area contributed by atoms with Gasteiger partial charge in [0.1, 0.15) is 0 Å². The van der Waals surface area contributed by atoms with Crippen LogP contribution in [0.5, 0.6) is 0 Å². The van der Waals surface area contributed by atoms with E-state index in [1.165, 1.54) is 16.7 Å². The van der Waals surface area contributed by atoms with Gasteiger partial charge in [0.05, 0.1) is 0 Å². The molecular weight excluding hydrogens is 108 g/mol. The van der Waals surface area contributed by atoms with E-state index in [0.29, 0.717) is 0 Å². The van der Waals surface area contributed by atoms with Gasteiger partial charge in [-0.15, -0.1) is 0 Å². The molecular formula is C9H8. The first kappa shape index (κ1) is 4.80. The number of hydrogen-bond acceptors (Lipinski definition) is 0. The summed E-state index contributed by atoms with van der Waals surface area (Å²) < 4.78 is 0. The molecule has 0 aromatic heterocycles. The summed E-state index contributed by atoms with van der Waals surface area (Å²) in [5, 5.41) is 0. The van der Waals surface area contributed by atoms with Crippen LogP contribution in [-0.4, -0.2) is 0 Å². The largest absolute Gasteiger partial charge is 0.0791 e. The van der Waals surface area contributed by atoms with Crippen molar-refractivity contribution < 1.29 is 0 Å². The second kappa shape index (κ2) is 1.47. The van der Waals surface area contributed by atoms with Gasteiger partial charge in [0.25, 0.3) is 0 Å². The second-order valence-electron chi connectivity index (χ2n) is 2.25. The zero-order valence-electron chi connectivity index (χ0n) is 5.39. The van der Waals surface area contributed by atoms with E-state index in [4.69, 9.17) is 0 Å². The first-order chi connectivity index (χ1) is 4.43. The molecule has 0 atom stereocenters. The van der Waals surface area contributed by atoms with Gasteiger partial charge >= 0.3 is 0 Å². The minimum absolute atomic E-state index is 1.43. The smallest absolute Gasteiger partial charge is 0.0102 e. The number of rotatable bonds is 0. The molecule has 0 N–H and O–H groups in total. The molecule has 0 nitrogen and oxygen atoms in total. The van der Waals surface area contributed by atoms with Crippen LogP contribution in [-0.2, 0) is 0 Å². The monoisotopic (exact) mass is 116 g/mol. The highest BCUT2D eigenvalue weighted by atomic mass is 14.2. The summed E-state index contributed by atoms with van der Waals surface area (Å²) in [5.74, 6) is 0. The lowest BCUT2D eigenvalue weighted by molar-refractivity contribution is 1.77. The standard InChI is InChI=1S/C9H8/c1-2-7-8-5-3-4-6-9(7)8/h2-6H,1H3. The van der Waals surface area contributed by atoms with Crippen molar-refractivity contribution in [2.24, 2.45) is 0 Å². The molecule has 0 heteroatoms. The van der Waals surface area contributed by atoms with E-state index >= 15 is 0 Å². The Morgan fingerprint density at radius 3 is 2.11 bits per heavy atom. The highest BCUT2D eigenvalue weighted by Gasteiger charge is 2.21. The molecule has 0 radical (unpaired) electrons. The van der Waals surface area contributed by atoms with Crippen molar-refractivity contribution in [3.8, 4) is 0 Å². The lowest BCUT2D eigenvalue weighted by Crippen LogP contribution is -1.48. The second-order valence-corrected chi connectivity index (χ2v) is 2.25. The van der Waals surface area contributed by atoms with Gasteiger partial charge in [-0.05, 0) is 23.6 Å². The van der Waals surface area contributed by atoms with E-state index in [1.807, 2.05) is 0 Å². The Kier molecular flexibility index (Phi) is 0.786. The zero-order chi connectivity index (χ0) is 6.27. The minimum atomic E-state index is 1.43. The Balaban J connectivity index is 2.58. The Morgan fingerprint density at radius 1 is 1.11 bits per heavy atom. The molecule has 0 aliphatic heterocycles. The van der Waals surface area contributed by atoms with Crippen molar-refractivity contribution in [3.63, 3.8) is 0 Å². The molecule has 0 bridgehead atoms. The van der Waals surface area contributed by atoms with Crippen molar-refractivity contribution in [1.29, 1.82) is 0 Å². The van der Waals surface area contributed by atoms with Crippen LogP contribution in [0.1, 0.15) is 18.1 Å². The van der Waals surface area contributed by atoms with Gasteiger partial charge < -0.3 is 0 Å². The van der Waals surface area contributed by atoms with E-state index < -0.39 is 0 Å². The molecule has 1 aromatic rings. The molecule has 44 valence electrons. The van der Waals surface area contributed by atoms with Crippen LogP contribution >= 0.6 is 0 Å². The molecule has 0 unspecified atom stereocenters. The van der Waals surface area contributed by atoms with E-state index in [-0.39, 0.29) is 0 Å². The van der Waals surface area contributed by atoms with Gasteiger partial charge in [-0.2, -0.15) is 0 Å². The number of hydrogen-bond donors (Lipinski definition) is 0. The normalized spacial score (nSPS) is 12.8. The highest BCUT2D eigenvalue weighted by Crippen LogP contribution is 2.41. The van der Waals surface area contributed by atoms with E-state index in [0.717, 1.165) is 0 Å². The molecule has 0 heterocycles. The van der Waals surface area contributed by atoms with Crippen molar-refractivity contribution in [1.82, 2.24) is 0 Å². The predicted molar refractivity (Wildman–Crippen MR) is 39.2 cm³/mol. The van der Waals surface area contributed by atoms with Crippen LogP contribution in [0.15, 0.2) is 30.3 Å². The Morgan fingerprint density at radius 2 is 1.67 bits per heavy atom. The van der Waals surface area contributed by atoms with Crippen molar-refractivity contribution in [2.75, 3.05) is 0 Å². The summed E-state index contributed by atoms with van der Waals surface area (Å²) >= 11 is 0. The molecule has 0 spiro atoms. The zero-order valence-corrected chi connectivity index (χ0v) is 5.39. The molecule has 0 saturated heterocycles. The van der Waals surface area contributed by atoms with Crippen molar-refractivity contribution >= 4 is 5.57 Å². The maximum Gasteiger partial charge on any atom is -0.0102 e. The quantitative estimate of drug-likeness (QED) is 0.496. The minimum Gasteiger partial charge on any atom is -0.0791 e. The van der Waals surface area contributed by atoms with Gasteiger partial charge in [0.2, 0.25) is 0 Å². The third-order valence-corrected chi connectivity index (χ3v) is 1.73. The van der Waals surface area contributed by atoms with Gasteiger partial charge in [0.15, 0.2) is 0 Å². The Hall–Kier alpha value is -1.04. The molecule has 1 aliphatic carbocycles. The maximum absolute atomic E-state index is 2.16. The Labute approximate surface area is 54.8 Å². The maximum atomic E-state index is 2.16. The highest BCUT2D eigenvalue weighted by molar-refractivity contribution is 5.99. The first-order valence-electron chi connectivity index (χ1n) is 3.19. The van der Waals surface area contributed by atoms with E-state index in [9.17, 15) is 0 Å². The van der Waals surface area contributed by atoms with Gasteiger partial charge in [-0.3, -0.25) is 0 Å². The SMILES string of the molecule is CC=C1c2ccccc21. The summed E-state index contributed by atoms with van der Waals surface area (Å²) in [6.45, 7) is 2.08. The number of fused-ring (bicyclic) bond motifs is 1. The van der Waals surface area contributed by atoms with Crippen LogP contribution in [0.4, 0.5) is 0 Å². The molecule has 1 aliphatic rings. The fraction of sp³-hybridized carbons (Fsp3) is 0.111. The van der Waals surface area contributed by atoms with Gasteiger partial charge in [-0.25, -0.2) is 0 Å². The first-order valence-corrected chi connectivity index (χ1v) is 3.19. The van der Waals surface area contributed by atoms with Crippen LogP contribution in [0, 0.1) is 0 Å². The fourth-order valence-electron chi connectivity index (χ4n) is 1.21. The van der Waals surface area contributed by atoms with Gasteiger partial charge in [-0.1, -0.05) is 30.3 Å². The van der Waals surface area contributed by atoms with Crippen molar-refractivity contribution in [2.45, 2.75) is 6.92 Å². The topological polar surface area (TPSA) is 0 Å². The predicted octanol–water partition coefficient (Wildman–Crippen LogP) is 2.45. The third-order valence-electron chi connectivity index (χ3n) is 1.73. The lowest BCUT2D eigenvalue weighted by Gasteiger charge is -1.67. The lowest BCUT2D eigenvalue weighted by atomic mass is 10.4. The molecule has 2 rings (SSSR count). The summed E-state index contributed by atoms with van der Waals surface area (Å²) in [5.41, 5.74) is 4.29. The van der Waals surface area contributed by atoms with Crippen LogP contribution in [0.3, 0.4) is 0 Å². The van der Waals surface area contributed by atoms with E-state index in [1.54, 1.807) is 0 Å². The fourth-order valence-corrected chi connectivity index (χ4v) is 1.21. The van der Waals surface area contributed by atoms with Crippen molar-refractivity contribution in [3.05, 3.63) is 41.5 Å². The molecule has 0 fully saturated rings. The summed E-state index contributed by atoms with van der Waals surface area (Å²) in [6, 6.07) is 8.47. The number of benzene rings is 1. The Bertz CT molecular complexity index is 244. The average molecular weight is 116 g/mol. The molecule has 0 amide bonds. The average Bonchev–Trinajstić information content (AvgIpc) is 2.60. The molecule has 1 aromatic carbocycles. The third kappa shape index (κ3) is 0.531. The van der Waals surface area contributed by atoms with Gasteiger partial charge in [0, 0.05) is 0 Å². The van der Waals surface area contributed by atoms with Crippen LogP contribution in [0.2, 0.25) is 0 Å². The van der Waals surface area contributed by atoms with E-state index in [2.05, 4.69) is 37.3 Å². The summed E-state index contributed by atoms with van der Waals surface area (Å²) in [4.78, 5) is 0. The number of allylic oxidation sites excluding steroid dienone is 1. The molecule has 0 saturated carbocycles. The summed E-state index contributed by atoms with van der Waals surface area (Å²) in [6.07, 6.45) is 2.16. The summed E-state index contributed by atoms with van der Waals surface area (Å²) in [7, 11) is 0. The molecule has 9 heavy (non-hydrogen) atoms. The van der Waals surface area contributed by atoms with Crippen LogP contribution in [0.25, 0.3) is 5.57 Å². The van der Waals surface area contributed by atoms with Crippen LogP contribution < -0.4 is 0 Å².